The van der Waals surface area contributed by atoms with Gasteiger partial charge in [0.15, 0.2) is 11.3 Å². The number of amides is 1. The number of methoxy groups -OCH3 is 1. The number of aliphatic carboxylic acids is 1. The molecule has 1 N–H and O–H groups in total. The van der Waals surface area contributed by atoms with Crippen LogP contribution in [0.3, 0.4) is 0 Å². The zero-order valence-corrected chi connectivity index (χ0v) is 14.2. The van der Waals surface area contributed by atoms with Gasteiger partial charge in [0.2, 0.25) is 0 Å². The van der Waals surface area contributed by atoms with E-state index in [9.17, 15) is 9.59 Å². The number of halogens is 1. The SMILES string of the molecule is COC1CC(CC(=O)O)N(C(=O)c2oc3c(Cl)cccc3c2C)C1. The fourth-order valence-electron chi connectivity index (χ4n) is 3.23. The summed E-state index contributed by atoms with van der Waals surface area (Å²) in [5, 5.41) is 10.3. The number of aryl methyl sites for hydroxylation is 1. The molecule has 2 atom stereocenters. The van der Waals surface area contributed by atoms with Gasteiger partial charge in [-0.1, -0.05) is 23.7 Å². The van der Waals surface area contributed by atoms with E-state index in [1.165, 1.54) is 4.90 Å². The van der Waals surface area contributed by atoms with Crippen molar-refractivity contribution < 1.29 is 23.8 Å². The van der Waals surface area contributed by atoms with Crippen molar-refractivity contribution in [3.8, 4) is 0 Å². The Kier molecular flexibility index (Phi) is 4.51. The second-order valence-electron chi connectivity index (χ2n) is 5.98. The van der Waals surface area contributed by atoms with Crippen LogP contribution in [-0.2, 0) is 9.53 Å². The van der Waals surface area contributed by atoms with Gasteiger partial charge >= 0.3 is 5.97 Å². The van der Waals surface area contributed by atoms with Crippen LogP contribution in [0, 0.1) is 6.92 Å². The van der Waals surface area contributed by atoms with E-state index < -0.39 is 12.0 Å². The number of benzene rings is 1. The van der Waals surface area contributed by atoms with Gasteiger partial charge in [-0.15, -0.1) is 0 Å². The molecule has 0 bridgehead atoms. The van der Waals surface area contributed by atoms with E-state index >= 15 is 0 Å². The van der Waals surface area contributed by atoms with Crippen LogP contribution in [0.5, 0.6) is 0 Å². The number of carbonyl (C=O) groups excluding carboxylic acids is 1. The van der Waals surface area contributed by atoms with E-state index in [1.807, 2.05) is 6.07 Å². The topological polar surface area (TPSA) is 80.0 Å². The average Bonchev–Trinajstić information content (AvgIpc) is 3.09. The lowest BCUT2D eigenvalue weighted by Gasteiger charge is -2.22. The van der Waals surface area contributed by atoms with E-state index in [0.29, 0.717) is 29.1 Å². The maximum absolute atomic E-state index is 12.9. The van der Waals surface area contributed by atoms with Crippen LogP contribution in [0.1, 0.15) is 29.0 Å². The molecular formula is C17H18ClNO5. The van der Waals surface area contributed by atoms with Crippen molar-refractivity contribution in [2.75, 3.05) is 13.7 Å². The molecule has 1 aliphatic rings. The third-order valence-corrected chi connectivity index (χ3v) is 4.79. The normalized spacial score (nSPS) is 20.7. The predicted octanol–water partition coefficient (Wildman–Crippen LogP) is 3.10. The summed E-state index contributed by atoms with van der Waals surface area (Å²) >= 11 is 6.13. The monoisotopic (exact) mass is 351 g/mol. The molecule has 7 heteroatoms. The predicted molar refractivity (Wildman–Crippen MR) is 88.5 cm³/mol. The number of rotatable bonds is 4. The molecule has 0 spiro atoms. The highest BCUT2D eigenvalue weighted by atomic mass is 35.5. The van der Waals surface area contributed by atoms with Gasteiger partial charge in [-0.2, -0.15) is 0 Å². The molecule has 0 radical (unpaired) electrons. The first kappa shape index (κ1) is 16.8. The summed E-state index contributed by atoms with van der Waals surface area (Å²) in [7, 11) is 1.56. The van der Waals surface area contributed by atoms with Gasteiger partial charge in [-0.3, -0.25) is 9.59 Å². The quantitative estimate of drug-likeness (QED) is 0.915. The Hall–Kier alpha value is -2.05. The number of furan rings is 1. The van der Waals surface area contributed by atoms with Crippen LogP contribution >= 0.6 is 11.6 Å². The summed E-state index contributed by atoms with van der Waals surface area (Å²) in [6, 6.07) is 4.92. The molecule has 24 heavy (non-hydrogen) atoms. The van der Waals surface area contributed by atoms with E-state index in [0.717, 1.165) is 5.39 Å². The molecule has 128 valence electrons. The number of ether oxygens (including phenoxy) is 1. The smallest absolute Gasteiger partial charge is 0.305 e. The van der Waals surface area contributed by atoms with E-state index in [4.69, 9.17) is 25.9 Å². The minimum atomic E-state index is -0.945. The molecular weight excluding hydrogens is 334 g/mol. The Bertz CT molecular complexity index is 800. The molecule has 2 aromatic rings. The second kappa shape index (κ2) is 6.45. The number of carboxylic acids is 1. The third-order valence-electron chi connectivity index (χ3n) is 4.49. The largest absolute Gasteiger partial charge is 0.481 e. The summed E-state index contributed by atoms with van der Waals surface area (Å²) in [6.07, 6.45) is 0.201. The molecule has 1 amide bonds. The standard InChI is InChI=1S/C17H18ClNO5/c1-9-12-4-3-5-13(18)16(12)24-15(9)17(22)19-8-11(23-2)6-10(19)7-14(20)21/h3-5,10-11H,6-8H2,1-2H3,(H,20,21). The molecule has 3 rings (SSSR count). The number of carbonyl (C=O) groups is 2. The third kappa shape index (κ3) is 2.87. The van der Waals surface area contributed by atoms with Gasteiger partial charge in [0.05, 0.1) is 17.5 Å². The Morgan fingerprint density at radius 1 is 1.46 bits per heavy atom. The molecule has 0 aliphatic carbocycles. The number of fused-ring (bicyclic) bond motifs is 1. The number of para-hydroxylation sites is 1. The summed E-state index contributed by atoms with van der Waals surface area (Å²) in [6.45, 7) is 2.14. The summed E-state index contributed by atoms with van der Waals surface area (Å²) in [5.41, 5.74) is 1.17. The van der Waals surface area contributed by atoms with Gasteiger partial charge in [0, 0.05) is 30.6 Å². The van der Waals surface area contributed by atoms with E-state index in [-0.39, 0.29) is 24.2 Å². The van der Waals surface area contributed by atoms with Gasteiger partial charge < -0.3 is 19.2 Å². The highest BCUT2D eigenvalue weighted by molar-refractivity contribution is 6.35. The van der Waals surface area contributed by atoms with Crippen molar-refractivity contribution in [1.29, 1.82) is 0 Å². The van der Waals surface area contributed by atoms with Gasteiger partial charge in [0.25, 0.3) is 5.91 Å². The number of nitrogens with zero attached hydrogens (tertiary/aromatic N) is 1. The summed E-state index contributed by atoms with van der Waals surface area (Å²) in [5.74, 6) is -1.07. The Labute approximate surface area is 143 Å². The maximum atomic E-state index is 12.9. The Morgan fingerprint density at radius 2 is 2.21 bits per heavy atom. The molecule has 2 heterocycles. The number of likely N-dealkylation sites (tertiary alicyclic amines) is 1. The Balaban J connectivity index is 1.96. The van der Waals surface area contributed by atoms with Crippen LogP contribution in [0.25, 0.3) is 11.0 Å². The lowest BCUT2D eigenvalue weighted by atomic mass is 10.1. The molecule has 1 aliphatic heterocycles. The molecule has 6 nitrogen and oxygen atoms in total. The van der Waals surface area contributed by atoms with E-state index in [1.54, 1.807) is 26.2 Å². The lowest BCUT2D eigenvalue weighted by molar-refractivity contribution is -0.138. The van der Waals surface area contributed by atoms with Crippen LogP contribution in [0.15, 0.2) is 22.6 Å². The molecule has 2 unspecified atom stereocenters. The van der Waals surface area contributed by atoms with Crippen molar-refractivity contribution in [2.24, 2.45) is 0 Å². The second-order valence-corrected chi connectivity index (χ2v) is 6.38. The highest BCUT2D eigenvalue weighted by Gasteiger charge is 2.38. The molecule has 1 aromatic carbocycles. The van der Waals surface area contributed by atoms with Crippen LogP contribution in [0.2, 0.25) is 5.02 Å². The number of hydrogen-bond donors (Lipinski definition) is 1. The van der Waals surface area contributed by atoms with E-state index in [2.05, 4.69) is 0 Å². The molecule has 0 saturated carbocycles. The maximum Gasteiger partial charge on any atom is 0.305 e. The first-order chi connectivity index (χ1) is 11.4. The number of hydrogen-bond acceptors (Lipinski definition) is 4. The van der Waals surface area contributed by atoms with Crippen molar-refractivity contribution in [3.05, 3.63) is 34.5 Å². The molecule has 1 saturated heterocycles. The summed E-state index contributed by atoms with van der Waals surface area (Å²) < 4.78 is 11.0. The zero-order valence-electron chi connectivity index (χ0n) is 13.4. The molecule has 1 aromatic heterocycles. The van der Waals surface area contributed by atoms with Crippen molar-refractivity contribution in [2.45, 2.75) is 31.9 Å². The van der Waals surface area contributed by atoms with Gasteiger partial charge in [-0.25, -0.2) is 0 Å². The fourth-order valence-corrected chi connectivity index (χ4v) is 3.44. The van der Waals surface area contributed by atoms with Gasteiger partial charge in [-0.05, 0) is 19.4 Å². The molecule has 1 fully saturated rings. The van der Waals surface area contributed by atoms with Crippen molar-refractivity contribution >= 4 is 34.4 Å². The van der Waals surface area contributed by atoms with Crippen molar-refractivity contribution in [1.82, 2.24) is 4.90 Å². The minimum Gasteiger partial charge on any atom is -0.481 e. The first-order valence-electron chi connectivity index (χ1n) is 7.65. The van der Waals surface area contributed by atoms with Crippen LogP contribution in [-0.4, -0.2) is 47.7 Å². The van der Waals surface area contributed by atoms with Crippen LogP contribution < -0.4 is 0 Å². The highest BCUT2D eigenvalue weighted by Crippen LogP contribution is 2.33. The van der Waals surface area contributed by atoms with Crippen LogP contribution in [0.4, 0.5) is 0 Å². The average molecular weight is 352 g/mol. The number of carboxylic acid groups (broad SMARTS) is 1. The zero-order chi connectivity index (χ0) is 17.4. The van der Waals surface area contributed by atoms with Gasteiger partial charge in [0.1, 0.15) is 0 Å². The summed E-state index contributed by atoms with van der Waals surface area (Å²) in [4.78, 5) is 25.6. The Morgan fingerprint density at radius 3 is 2.83 bits per heavy atom. The lowest BCUT2D eigenvalue weighted by Crippen LogP contribution is -2.37. The first-order valence-corrected chi connectivity index (χ1v) is 8.03. The van der Waals surface area contributed by atoms with Crippen molar-refractivity contribution in [3.63, 3.8) is 0 Å². The minimum absolute atomic E-state index is 0.119. The fraction of sp³-hybridized carbons (Fsp3) is 0.412.